The first kappa shape index (κ1) is 11.0. The third kappa shape index (κ3) is 2.99. The standard InChI is InChI=1S/C7H4BrF3N2O/c8-4-2-1-3-5(12-4)13-6(14)7(9,10)11/h1-3H,(H,12,13,14). The number of rotatable bonds is 1. The van der Waals surface area contributed by atoms with Crippen LogP contribution in [0.4, 0.5) is 19.0 Å². The fourth-order valence-electron chi connectivity index (χ4n) is 0.665. The van der Waals surface area contributed by atoms with E-state index in [0.717, 1.165) is 0 Å². The Bertz CT molecular complexity index is 353. The van der Waals surface area contributed by atoms with Crippen molar-refractivity contribution >= 4 is 27.7 Å². The molecule has 0 aliphatic heterocycles. The van der Waals surface area contributed by atoms with Gasteiger partial charge in [0.05, 0.1) is 0 Å². The van der Waals surface area contributed by atoms with Gasteiger partial charge in [0.2, 0.25) is 0 Å². The monoisotopic (exact) mass is 268 g/mol. The maximum absolute atomic E-state index is 11.8. The van der Waals surface area contributed by atoms with Crippen molar-refractivity contribution in [2.24, 2.45) is 0 Å². The molecular formula is C7H4BrF3N2O. The zero-order valence-corrected chi connectivity index (χ0v) is 8.19. The summed E-state index contributed by atoms with van der Waals surface area (Å²) in [4.78, 5) is 14.1. The van der Waals surface area contributed by atoms with E-state index in [-0.39, 0.29) is 5.82 Å². The first-order chi connectivity index (χ1) is 6.39. The van der Waals surface area contributed by atoms with Gasteiger partial charge in [-0.15, -0.1) is 0 Å². The van der Waals surface area contributed by atoms with Crippen LogP contribution in [0.5, 0.6) is 0 Å². The van der Waals surface area contributed by atoms with E-state index in [2.05, 4.69) is 20.9 Å². The van der Waals surface area contributed by atoms with Crippen molar-refractivity contribution in [2.45, 2.75) is 6.18 Å². The van der Waals surface area contributed by atoms with Gasteiger partial charge in [-0.25, -0.2) is 4.98 Å². The molecular weight excluding hydrogens is 265 g/mol. The number of alkyl halides is 3. The van der Waals surface area contributed by atoms with Gasteiger partial charge < -0.3 is 5.32 Å². The molecule has 0 unspecified atom stereocenters. The lowest BCUT2D eigenvalue weighted by molar-refractivity contribution is -0.167. The predicted molar refractivity (Wildman–Crippen MR) is 46.6 cm³/mol. The topological polar surface area (TPSA) is 42.0 Å². The van der Waals surface area contributed by atoms with Crippen molar-refractivity contribution in [3.05, 3.63) is 22.8 Å². The van der Waals surface area contributed by atoms with E-state index in [4.69, 9.17) is 0 Å². The van der Waals surface area contributed by atoms with Crippen LogP contribution in [0.15, 0.2) is 22.8 Å². The number of aromatic nitrogens is 1. The van der Waals surface area contributed by atoms with E-state index in [1.165, 1.54) is 18.2 Å². The number of pyridine rings is 1. The first-order valence-electron chi connectivity index (χ1n) is 3.40. The second-order valence-corrected chi connectivity index (χ2v) is 3.11. The summed E-state index contributed by atoms with van der Waals surface area (Å²) < 4.78 is 35.7. The highest BCUT2D eigenvalue weighted by Crippen LogP contribution is 2.18. The number of carbonyl (C=O) groups is 1. The van der Waals surface area contributed by atoms with E-state index in [9.17, 15) is 18.0 Å². The lowest BCUT2D eigenvalue weighted by Crippen LogP contribution is -2.30. The number of hydrogen-bond donors (Lipinski definition) is 1. The number of amides is 1. The summed E-state index contributed by atoms with van der Waals surface area (Å²) in [5.41, 5.74) is 0. The van der Waals surface area contributed by atoms with Crippen LogP contribution in [0.2, 0.25) is 0 Å². The van der Waals surface area contributed by atoms with Crippen molar-refractivity contribution in [1.82, 2.24) is 4.98 Å². The fraction of sp³-hybridized carbons (Fsp3) is 0.143. The van der Waals surface area contributed by atoms with Crippen LogP contribution < -0.4 is 5.32 Å². The first-order valence-corrected chi connectivity index (χ1v) is 4.19. The Hall–Kier alpha value is -1.11. The minimum Gasteiger partial charge on any atom is -0.303 e. The molecule has 0 aliphatic rings. The smallest absolute Gasteiger partial charge is 0.303 e. The molecule has 7 heteroatoms. The molecule has 1 aromatic heterocycles. The fourth-order valence-corrected chi connectivity index (χ4v) is 1.01. The Kier molecular flexibility index (Phi) is 3.10. The summed E-state index contributed by atoms with van der Waals surface area (Å²) >= 11 is 2.96. The molecule has 0 fully saturated rings. The molecule has 14 heavy (non-hydrogen) atoms. The molecule has 0 saturated heterocycles. The molecule has 0 saturated carbocycles. The lowest BCUT2D eigenvalue weighted by Gasteiger charge is -2.06. The van der Waals surface area contributed by atoms with E-state index < -0.39 is 12.1 Å². The van der Waals surface area contributed by atoms with Crippen LogP contribution in [-0.2, 0) is 4.79 Å². The SMILES string of the molecule is O=C(Nc1cccc(Br)n1)C(F)(F)F. The summed E-state index contributed by atoms with van der Waals surface area (Å²) in [5, 5.41) is 1.62. The summed E-state index contributed by atoms with van der Waals surface area (Å²) in [6.07, 6.45) is -4.90. The molecule has 0 aliphatic carbocycles. The molecule has 1 rings (SSSR count). The summed E-state index contributed by atoms with van der Waals surface area (Å²) in [7, 11) is 0. The lowest BCUT2D eigenvalue weighted by atomic mass is 10.4. The molecule has 0 bridgehead atoms. The van der Waals surface area contributed by atoms with Crippen LogP contribution in [0.3, 0.4) is 0 Å². The predicted octanol–water partition coefficient (Wildman–Crippen LogP) is 2.34. The molecule has 1 amide bonds. The molecule has 0 atom stereocenters. The number of halogens is 4. The Morgan fingerprint density at radius 2 is 2.07 bits per heavy atom. The largest absolute Gasteiger partial charge is 0.471 e. The van der Waals surface area contributed by atoms with Gasteiger partial charge in [-0.3, -0.25) is 4.79 Å². The number of hydrogen-bond acceptors (Lipinski definition) is 2. The average molecular weight is 269 g/mol. The molecule has 1 heterocycles. The van der Waals surface area contributed by atoms with Crippen LogP contribution in [0.25, 0.3) is 0 Å². The Labute approximate surface area is 85.5 Å². The van der Waals surface area contributed by atoms with E-state index in [1.807, 2.05) is 0 Å². The summed E-state index contributed by atoms with van der Waals surface area (Å²) in [6.45, 7) is 0. The van der Waals surface area contributed by atoms with Crippen molar-refractivity contribution in [1.29, 1.82) is 0 Å². The number of anilines is 1. The van der Waals surface area contributed by atoms with Crippen LogP contribution in [0.1, 0.15) is 0 Å². The second-order valence-electron chi connectivity index (χ2n) is 2.30. The highest BCUT2D eigenvalue weighted by atomic mass is 79.9. The van der Waals surface area contributed by atoms with Gasteiger partial charge in [0.25, 0.3) is 0 Å². The van der Waals surface area contributed by atoms with Crippen LogP contribution >= 0.6 is 15.9 Å². The number of carbonyl (C=O) groups excluding carboxylic acids is 1. The third-order valence-corrected chi connectivity index (χ3v) is 1.66. The Morgan fingerprint density at radius 3 is 2.57 bits per heavy atom. The van der Waals surface area contributed by atoms with E-state index in [1.54, 1.807) is 5.32 Å². The highest BCUT2D eigenvalue weighted by Gasteiger charge is 2.38. The van der Waals surface area contributed by atoms with Gasteiger partial charge in [0.15, 0.2) is 0 Å². The number of nitrogens with zero attached hydrogens (tertiary/aromatic N) is 1. The molecule has 0 aromatic carbocycles. The maximum atomic E-state index is 11.8. The quantitative estimate of drug-likeness (QED) is 0.795. The zero-order valence-electron chi connectivity index (χ0n) is 6.60. The highest BCUT2D eigenvalue weighted by molar-refractivity contribution is 9.10. The average Bonchev–Trinajstić information content (AvgIpc) is 2.02. The van der Waals surface area contributed by atoms with Gasteiger partial charge in [-0.2, -0.15) is 13.2 Å². The van der Waals surface area contributed by atoms with Crippen molar-refractivity contribution in [3.8, 4) is 0 Å². The minimum atomic E-state index is -4.90. The van der Waals surface area contributed by atoms with Crippen molar-refractivity contribution in [2.75, 3.05) is 5.32 Å². The number of nitrogens with one attached hydrogen (secondary N) is 1. The van der Waals surface area contributed by atoms with Gasteiger partial charge >= 0.3 is 12.1 Å². The van der Waals surface area contributed by atoms with E-state index >= 15 is 0 Å². The van der Waals surface area contributed by atoms with Crippen molar-refractivity contribution in [3.63, 3.8) is 0 Å². The Morgan fingerprint density at radius 1 is 1.43 bits per heavy atom. The summed E-state index contributed by atoms with van der Waals surface area (Å²) in [6, 6.07) is 4.25. The molecule has 0 spiro atoms. The van der Waals surface area contributed by atoms with E-state index in [0.29, 0.717) is 4.60 Å². The summed E-state index contributed by atoms with van der Waals surface area (Å²) in [5.74, 6) is -2.19. The van der Waals surface area contributed by atoms with Crippen molar-refractivity contribution < 1.29 is 18.0 Å². The molecule has 0 radical (unpaired) electrons. The zero-order chi connectivity index (χ0) is 10.8. The Balaban J connectivity index is 2.75. The molecule has 3 nitrogen and oxygen atoms in total. The van der Waals surface area contributed by atoms with Gasteiger partial charge in [0.1, 0.15) is 10.4 Å². The maximum Gasteiger partial charge on any atom is 0.471 e. The normalized spacial score (nSPS) is 11.1. The van der Waals surface area contributed by atoms with Crippen LogP contribution in [-0.4, -0.2) is 17.1 Å². The second kappa shape index (κ2) is 3.95. The molecule has 76 valence electrons. The molecule has 1 N–H and O–H groups in total. The minimum absolute atomic E-state index is 0.151. The third-order valence-electron chi connectivity index (χ3n) is 1.21. The van der Waals surface area contributed by atoms with Gasteiger partial charge in [0, 0.05) is 0 Å². The van der Waals surface area contributed by atoms with Gasteiger partial charge in [-0.1, -0.05) is 6.07 Å². The van der Waals surface area contributed by atoms with Gasteiger partial charge in [-0.05, 0) is 28.1 Å². The molecule has 1 aromatic rings. The van der Waals surface area contributed by atoms with Crippen LogP contribution in [0, 0.1) is 0 Å².